The van der Waals surface area contributed by atoms with E-state index in [9.17, 15) is 9.59 Å². The second kappa shape index (κ2) is 7.78. The lowest BCUT2D eigenvalue weighted by molar-refractivity contribution is -0.136. The number of aromatic nitrogens is 2. The normalized spacial score (nSPS) is 13.4. The summed E-state index contributed by atoms with van der Waals surface area (Å²) in [5.41, 5.74) is 4.23. The van der Waals surface area contributed by atoms with Gasteiger partial charge in [-0.1, -0.05) is 6.08 Å². The maximum Gasteiger partial charge on any atom is 0.303 e. The second-order valence-electron chi connectivity index (χ2n) is 6.98. The molecule has 1 aromatic carbocycles. The number of aliphatic carboxylic acids is 1. The molecule has 1 aliphatic carbocycles. The number of aryl methyl sites for hydroxylation is 1. The van der Waals surface area contributed by atoms with Gasteiger partial charge in [0.2, 0.25) is 0 Å². The molecule has 0 saturated heterocycles. The van der Waals surface area contributed by atoms with Gasteiger partial charge in [0.15, 0.2) is 0 Å². The SMILES string of the molecule is C=CCN(C(=O)c1ccc(-n2nc(C)c(CCC(=O)O)c2C)cc1)C1CC1. The first-order valence-electron chi connectivity index (χ1n) is 9.21. The first-order valence-corrected chi connectivity index (χ1v) is 9.21. The molecule has 1 N–H and O–H groups in total. The molecule has 1 fully saturated rings. The Morgan fingerprint density at radius 3 is 2.52 bits per heavy atom. The summed E-state index contributed by atoms with van der Waals surface area (Å²) in [7, 11) is 0. The second-order valence-corrected chi connectivity index (χ2v) is 6.98. The van der Waals surface area contributed by atoms with E-state index in [4.69, 9.17) is 5.11 Å². The Morgan fingerprint density at radius 2 is 1.96 bits per heavy atom. The Labute approximate surface area is 159 Å². The Bertz CT molecular complexity index is 864. The highest BCUT2D eigenvalue weighted by Crippen LogP contribution is 2.28. The van der Waals surface area contributed by atoms with Crippen molar-refractivity contribution in [1.29, 1.82) is 0 Å². The van der Waals surface area contributed by atoms with E-state index in [-0.39, 0.29) is 12.3 Å². The molecular formula is C21H25N3O3. The Hall–Kier alpha value is -2.89. The van der Waals surface area contributed by atoms with Crippen molar-refractivity contribution in [3.05, 3.63) is 59.4 Å². The summed E-state index contributed by atoms with van der Waals surface area (Å²) < 4.78 is 1.81. The van der Waals surface area contributed by atoms with Gasteiger partial charge in [-0.3, -0.25) is 9.59 Å². The van der Waals surface area contributed by atoms with Crippen LogP contribution in [-0.2, 0) is 11.2 Å². The van der Waals surface area contributed by atoms with E-state index in [1.165, 1.54) is 0 Å². The molecular weight excluding hydrogens is 342 g/mol. The number of nitrogens with zero attached hydrogens (tertiary/aromatic N) is 3. The minimum absolute atomic E-state index is 0.0273. The predicted octanol–water partition coefficient (Wildman–Crippen LogP) is 3.30. The number of amides is 1. The summed E-state index contributed by atoms with van der Waals surface area (Å²) in [4.78, 5) is 25.5. The predicted molar refractivity (Wildman–Crippen MR) is 103 cm³/mol. The van der Waals surface area contributed by atoms with Crippen LogP contribution in [0, 0.1) is 13.8 Å². The average molecular weight is 367 g/mol. The topological polar surface area (TPSA) is 75.4 Å². The summed E-state index contributed by atoms with van der Waals surface area (Å²) >= 11 is 0. The lowest BCUT2D eigenvalue weighted by atomic mass is 10.1. The van der Waals surface area contributed by atoms with Crippen LogP contribution >= 0.6 is 0 Å². The van der Waals surface area contributed by atoms with E-state index in [0.717, 1.165) is 35.5 Å². The third-order valence-corrected chi connectivity index (χ3v) is 4.96. The van der Waals surface area contributed by atoms with Crippen LogP contribution in [0.3, 0.4) is 0 Å². The van der Waals surface area contributed by atoms with Crippen LogP contribution < -0.4 is 0 Å². The maximum absolute atomic E-state index is 12.7. The quantitative estimate of drug-likeness (QED) is 0.727. The summed E-state index contributed by atoms with van der Waals surface area (Å²) in [6, 6.07) is 7.75. The largest absolute Gasteiger partial charge is 0.481 e. The van der Waals surface area contributed by atoms with Crippen molar-refractivity contribution in [3.8, 4) is 5.69 Å². The number of carboxylic acids is 1. The van der Waals surface area contributed by atoms with Crippen LogP contribution in [0.15, 0.2) is 36.9 Å². The summed E-state index contributed by atoms with van der Waals surface area (Å²) in [5, 5.41) is 13.5. The first-order chi connectivity index (χ1) is 12.9. The van der Waals surface area contributed by atoms with Gasteiger partial charge in [-0.15, -0.1) is 6.58 Å². The minimum atomic E-state index is -0.816. The zero-order valence-electron chi connectivity index (χ0n) is 15.8. The smallest absolute Gasteiger partial charge is 0.303 e. The van der Waals surface area contributed by atoms with Gasteiger partial charge in [0.05, 0.1) is 11.4 Å². The van der Waals surface area contributed by atoms with E-state index in [2.05, 4.69) is 11.7 Å². The molecule has 2 aromatic rings. The zero-order valence-corrected chi connectivity index (χ0v) is 15.8. The fourth-order valence-electron chi connectivity index (χ4n) is 3.35. The van der Waals surface area contributed by atoms with E-state index in [0.29, 0.717) is 24.6 Å². The van der Waals surface area contributed by atoms with Crippen LogP contribution in [0.5, 0.6) is 0 Å². The molecule has 6 nitrogen and oxygen atoms in total. The maximum atomic E-state index is 12.7. The summed E-state index contributed by atoms with van der Waals surface area (Å²) in [6.45, 7) is 8.14. The number of carbonyl (C=O) groups excluding carboxylic acids is 1. The molecule has 0 aliphatic heterocycles. The van der Waals surface area contributed by atoms with Gasteiger partial charge < -0.3 is 10.0 Å². The molecule has 6 heteroatoms. The highest BCUT2D eigenvalue weighted by Gasteiger charge is 2.32. The Balaban J connectivity index is 1.81. The van der Waals surface area contributed by atoms with Gasteiger partial charge in [0.25, 0.3) is 5.91 Å². The van der Waals surface area contributed by atoms with Gasteiger partial charge in [0.1, 0.15) is 0 Å². The lowest BCUT2D eigenvalue weighted by Crippen LogP contribution is -2.33. The lowest BCUT2D eigenvalue weighted by Gasteiger charge is -2.20. The van der Waals surface area contributed by atoms with Crippen molar-refractivity contribution in [2.75, 3.05) is 6.54 Å². The van der Waals surface area contributed by atoms with Crippen molar-refractivity contribution in [2.45, 2.75) is 45.6 Å². The molecule has 0 spiro atoms. The Morgan fingerprint density at radius 1 is 1.30 bits per heavy atom. The van der Waals surface area contributed by atoms with Crippen molar-refractivity contribution in [3.63, 3.8) is 0 Å². The van der Waals surface area contributed by atoms with Crippen LogP contribution in [-0.4, -0.2) is 44.3 Å². The number of hydrogen-bond acceptors (Lipinski definition) is 3. The monoisotopic (exact) mass is 367 g/mol. The molecule has 0 unspecified atom stereocenters. The van der Waals surface area contributed by atoms with Crippen LogP contribution in [0.2, 0.25) is 0 Å². The number of hydrogen-bond donors (Lipinski definition) is 1. The Kier molecular flexibility index (Phi) is 5.44. The fourth-order valence-corrected chi connectivity index (χ4v) is 3.35. The van der Waals surface area contributed by atoms with Crippen LogP contribution in [0.25, 0.3) is 5.69 Å². The molecule has 0 bridgehead atoms. The molecule has 0 atom stereocenters. The van der Waals surface area contributed by atoms with Gasteiger partial charge in [-0.05, 0) is 62.9 Å². The average Bonchev–Trinajstić information content (AvgIpc) is 3.44. The van der Waals surface area contributed by atoms with Crippen molar-refractivity contribution >= 4 is 11.9 Å². The van der Waals surface area contributed by atoms with Gasteiger partial charge in [-0.2, -0.15) is 5.10 Å². The van der Waals surface area contributed by atoms with E-state index in [1.807, 2.05) is 47.7 Å². The van der Waals surface area contributed by atoms with E-state index >= 15 is 0 Å². The fraction of sp³-hybridized carbons (Fsp3) is 0.381. The molecule has 0 radical (unpaired) electrons. The van der Waals surface area contributed by atoms with Gasteiger partial charge >= 0.3 is 5.97 Å². The number of carbonyl (C=O) groups is 2. The molecule has 1 aromatic heterocycles. The molecule has 1 aliphatic rings. The number of carboxylic acid groups (broad SMARTS) is 1. The number of benzene rings is 1. The van der Waals surface area contributed by atoms with Gasteiger partial charge in [0, 0.05) is 30.3 Å². The van der Waals surface area contributed by atoms with Crippen molar-refractivity contribution in [2.24, 2.45) is 0 Å². The highest BCUT2D eigenvalue weighted by molar-refractivity contribution is 5.95. The third-order valence-electron chi connectivity index (χ3n) is 4.96. The molecule has 1 saturated carbocycles. The van der Waals surface area contributed by atoms with Crippen molar-refractivity contribution in [1.82, 2.24) is 14.7 Å². The van der Waals surface area contributed by atoms with Crippen LogP contribution in [0.4, 0.5) is 0 Å². The van der Waals surface area contributed by atoms with E-state index < -0.39 is 5.97 Å². The highest BCUT2D eigenvalue weighted by atomic mass is 16.4. The molecule has 27 heavy (non-hydrogen) atoms. The molecule has 1 heterocycles. The zero-order chi connectivity index (χ0) is 19.6. The summed E-state index contributed by atoms with van der Waals surface area (Å²) in [5.74, 6) is -0.788. The van der Waals surface area contributed by atoms with Crippen LogP contribution in [0.1, 0.15) is 46.6 Å². The molecule has 1 amide bonds. The molecule has 3 rings (SSSR count). The number of rotatable bonds is 8. The standard InChI is InChI=1S/C21H25N3O3/c1-4-13-23(17-9-10-17)21(27)16-5-7-18(8-6-16)24-15(3)19(14(2)22-24)11-12-20(25)26/h4-8,17H,1,9-13H2,2-3H3,(H,25,26). The molecule has 142 valence electrons. The van der Waals surface area contributed by atoms with E-state index in [1.54, 1.807) is 6.08 Å². The first kappa shape index (κ1) is 18.9. The minimum Gasteiger partial charge on any atom is -0.481 e. The third kappa shape index (κ3) is 4.10. The summed E-state index contributed by atoms with van der Waals surface area (Å²) in [6.07, 6.45) is 4.42. The van der Waals surface area contributed by atoms with Crippen molar-refractivity contribution < 1.29 is 14.7 Å². The van der Waals surface area contributed by atoms with Gasteiger partial charge in [-0.25, -0.2) is 4.68 Å².